The average Bonchev–Trinajstić information content (AvgIpc) is 3.59. The minimum atomic E-state index is -4.65. The van der Waals surface area contributed by atoms with E-state index < -0.39 is 17.6 Å². The van der Waals surface area contributed by atoms with E-state index >= 15 is 0 Å². The third-order valence-electron chi connectivity index (χ3n) is 5.59. The summed E-state index contributed by atoms with van der Waals surface area (Å²) in [5.74, 6) is -0.381. The van der Waals surface area contributed by atoms with Crippen molar-refractivity contribution in [3.8, 4) is 11.5 Å². The zero-order chi connectivity index (χ0) is 23.2. The van der Waals surface area contributed by atoms with Gasteiger partial charge in [0.05, 0.1) is 5.56 Å². The van der Waals surface area contributed by atoms with Crippen molar-refractivity contribution in [2.45, 2.75) is 31.5 Å². The number of nitrogens with zero attached hydrogens (tertiary/aromatic N) is 2. The van der Waals surface area contributed by atoms with Gasteiger partial charge in [0.2, 0.25) is 0 Å². The molecule has 2 aliphatic rings. The van der Waals surface area contributed by atoms with E-state index in [1.807, 2.05) is 12.1 Å². The average molecular weight is 457 g/mol. The topological polar surface area (TPSA) is 54.5 Å². The summed E-state index contributed by atoms with van der Waals surface area (Å²) in [6.07, 6.45) is -1.85. The van der Waals surface area contributed by atoms with Gasteiger partial charge in [-0.05, 0) is 67.3 Å². The van der Waals surface area contributed by atoms with Crippen molar-refractivity contribution >= 4 is 17.5 Å². The number of amides is 1. The molecule has 0 unspecified atom stereocenters. The number of rotatable bonds is 5. The fourth-order valence-electron chi connectivity index (χ4n) is 3.71. The minimum absolute atomic E-state index is 0.153. The first kappa shape index (κ1) is 21.2. The third-order valence-corrected chi connectivity index (χ3v) is 5.59. The first-order chi connectivity index (χ1) is 15.8. The third kappa shape index (κ3) is 4.48. The fraction of sp³-hybridized carbons (Fsp3) is 0.250. The first-order valence-electron chi connectivity index (χ1n) is 10.5. The standard InChI is InChI=1S/C24H19F4N3O2/c25-19-12-15(24(26,27)28)5-9-20(19)33-17-8-4-14-10-11-31(23(32)18(14)13-17)22-3-1-2-21(30-22)29-16-6-7-16/h1-5,8-9,12-13,16H,6-7,10-11H2,(H,29,30). The van der Waals surface area contributed by atoms with Crippen LogP contribution in [0.5, 0.6) is 11.5 Å². The largest absolute Gasteiger partial charge is 0.454 e. The Balaban J connectivity index is 1.38. The number of hydrogen-bond donors (Lipinski definition) is 1. The Morgan fingerprint density at radius 2 is 1.88 bits per heavy atom. The lowest BCUT2D eigenvalue weighted by atomic mass is 9.98. The quantitative estimate of drug-likeness (QED) is 0.492. The van der Waals surface area contributed by atoms with E-state index in [0.717, 1.165) is 30.5 Å². The zero-order valence-electron chi connectivity index (χ0n) is 17.3. The zero-order valence-corrected chi connectivity index (χ0v) is 17.3. The number of carbonyl (C=O) groups excluding carboxylic acids is 1. The molecule has 1 aliphatic carbocycles. The molecule has 170 valence electrons. The maximum Gasteiger partial charge on any atom is 0.416 e. The van der Waals surface area contributed by atoms with E-state index in [-0.39, 0.29) is 17.4 Å². The van der Waals surface area contributed by atoms with Gasteiger partial charge >= 0.3 is 6.18 Å². The second kappa shape index (κ2) is 8.06. The van der Waals surface area contributed by atoms with Crippen molar-refractivity contribution in [2.75, 3.05) is 16.8 Å². The molecule has 2 aromatic carbocycles. The van der Waals surface area contributed by atoms with Gasteiger partial charge in [0.15, 0.2) is 11.6 Å². The van der Waals surface area contributed by atoms with Crippen LogP contribution in [0, 0.1) is 5.82 Å². The highest BCUT2D eigenvalue weighted by Gasteiger charge is 2.32. The molecule has 1 amide bonds. The Kier molecular flexibility index (Phi) is 5.19. The number of anilines is 2. The van der Waals surface area contributed by atoms with E-state index in [9.17, 15) is 22.4 Å². The van der Waals surface area contributed by atoms with Crippen LogP contribution >= 0.6 is 0 Å². The molecule has 1 aromatic heterocycles. The highest BCUT2D eigenvalue weighted by molar-refractivity contribution is 6.08. The van der Waals surface area contributed by atoms with E-state index in [0.29, 0.717) is 42.3 Å². The predicted octanol–water partition coefficient (Wildman–Crippen LogP) is 5.81. The van der Waals surface area contributed by atoms with Gasteiger partial charge in [0.25, 0.3) is 5.91 Å². The van der Waals surface area contributed by atoms with Gasteiger partial charge in [0, 0.05) is 18.2 Å². The van der Waals surface area contributed by atoms with Gasteiger partial charge in [-0.2, -0.15) is 13.2 Å². The van der Waals surface area contributed by atoms with Gasteiger partial charge in [-0.3, -0.25) is 9.69 Å². The van der Waals surface area contributed by atoms with E-state index in [1.54, 1.807) is 23.1 Å². The summed E-state index contributed by atoms with van der Waals surface area (Å²) in [6, 6.07) is 12.7. The van der Waals surface area contributed by atoms with E-state index in [1.165, 1.54) is 6.07 Å². The van der Waals surface area contributed by atoms with Crippen LogP contribution in [0.3, 0.4) is 0 Å². The Morgan fingerprint density at radius 3 is 2.61 bits per heavy atom. The van der Waals surface area contributed by atoms with Crippen LogP contribution in [0.1, 0.15) is 34.3 Å². The Bertz CT molecular complexity index is 1220. The number of aromatic nitrogens is 1. The number of halogens is 4. The molecule has 9 heteroatoms. The molecule has 1 N–H and O–H groups in total. The highest BCUT2D eigenvalue weighted by Crippen LogP contribution is 2.34. The molecule has 5 nitrogen and oxygen atoms in total. The fourth-order valence-corrected chi connectivity index (χ4v) is 3.71. The molecule has 1 saturated carbocycles. The van der Waals surface area contributed by atoms with Crippen molar-refractivity contribution in [3.63, 3.8) is 0 Å². The summed E-state index contributed by atoms with van der Waals surface area (Å²) < 4.78 is 57.9. The molecule has 3 aromatic rings. The number of alkyl halides is 3. The molecule has 5 rings (SSSR count). The number of nitrogens with one attached hydrogen (secondary N) is 1. The summed E-state index contributed by atoms with van der Waals surface area (Å²) in [6.45, 7) is 0.458. The Labute approximate surface area is 187 Å². The van der Waals surface area contributed by atoms with Gasteiger partial charge < -0.3 is 10.1 Å². The number of pyridine rings is 1. The molecular formula is C24H19F4N3O2. The number of benzene rings is 2. The summed E-state index contributed by atoms with van der Waals surface area (Å²) in [7, 11) is 0. The predicted molar refractivity (Wildman–Crippen MR) is 114 cm³/mol. The van der Waals surface area contributed by atoms with Gasteiger partial charge in [-0.1, -0.05) is 12.1 Å². The summed E-state index contributed by atoms with van der Waals surface area (Å²) >= 11 is 0. The van der Waals surface area contributed by atoms with Crippen LogP contribution in [-0.2, 0) is 12.6 Å². The van der Waals surface area contributed by atoms with Gasteiger partial charge in [0.1, 0.15) is 17.4 Å². The normalized spacial score (nSPS) is 15.9. The maximum atomic E-state index is 14.2. The molecule has 33 heavy (non-hydrogen) atoms. The van der Waals surface area contributed by atoms with E-state index in [2.05, 4.69) is 10.3 Å². The second-order valence-corrected chi connectivity index (χ2v) is 8.07. The van der Waals surface area contributed by atoms with Gasteiger partial charge in [-0.25, -0.2) is 9.37 Å². The number of hydrogen-bond acceptors (Lipinski definition) is 4. The first-order valence-corrected chi connectivity index (χ1v) is 10.5. The molecule has 0 atom stereocenters. The molecule has 0 spiro atoms. The van der Waals surface area contributed by atoms with Crippen LogP contribution in [0.25, 0.3) is 0 Å². The van der Waals surface area contributed by atoms with Crippen LogP contribution < -0.4 is 15.0 Å². The molecule has 1 aliphatic heterocycles. The highest BCUT2D eigenvalue weighted by atomic mass is 19.4. The van der Waals surface area contributed by atoms with Crippen molar-refractivity contribution in [1.29, 1.82) is 0 Å². The summed E-state index contributed by atoms with van der Waals surface area (Å²) in [5.41, 5.74) is 0.0895. The molecule has 1 fully saturated rings. The van der Waals surface area contributed by atoms with Crippen molar-refractivity contribution < 1.29 is 27.1 Å². The smallest absolute Gasteiger partial charge is 0.416 e. The van der Waals surface area contributed by atoms with Crippen molar-refractivity contribution in [3.05, 3.63) is 77.1 Å². The number of carbonyl (C=O) groups is 1. The molecular weight excluding hydrogens is 438 g/mol. The second-order valence-electron chi connectivity index (χ2n) is 8.07. The van der Waals surface area contributed by atoms with Crippen LogP contribution in [-0.4, -0.2) is 23.5 Å². The van der Waals surface area contributed by atoms with Crippen LogP contribution in [0.15, 0.2) is 54.6 Å². The lowest BCUT2D eigenvalue weighted by Crippen LogP contribution is -2.38. The number of ether oxygens (including phenoxy) is 1. The lowest BCUT2D eigenvalue weighted by molar-refractivity contribution is -0.137. The minimum Gasteiger partial charge on any atom is -0.454 e. The van der Waals surface area contributed by atoms with Crippen LogP contribution in [0.2, 0.25) is 0 Å². The lowest BCUT2D eigenvalue weighted by Gasteiger charge is -2.28. The van der Waals surface area contributed by atoms with E-state index in [4.69, 9.17) is 4.74 Å². The molecule has 2 heterocycles. The van der Waals surface area contributed by atoms with Crippen LogP contribution in [0.4, 0.5) is 29.2 Å². The van der Waals surface area contributed by atoms with Crippen molar-refractivity contribution in [1.82, 2.24) is 4.98 Å². The number of fused-ring (bicyclic) bond motifs is 1. The SMILES string of the molecule is O=C1c2cc(Oc3ccc(C(F)(F)F)cc3F)ccc2CCN1c1cccc(NC2CC2)n1. The van der Waals surface area contributed by atoms with Gasteiger partial charge in [-0.15, -0.1) is 0 Å². The Morgan fingerprint density at radius 1 is 1.06 bits per heavy atom. The molecule has 0 bridgehead atoms. The summed E-state index contributed by atoms with van der Waals surface area (Å²) in [5, 5.41) is 3.31. The molecule has 0 radical (unpaired) electrons. The monoisotopic (exact) mass is 457 g/mol. The maximum absolute atomic E-state index is 14.2. The summed E-state index contributed by atoms with van der Waals surface area (Å²) in [4.78, 5) is 19.3. The van der Waals surface area contributed by atoms with Crippen molar-refractivity contribution in [2.24, 2.45) is 0 Å². The molecule has 0 saturated heterocycles. The Hall–Kier alpha value is -3.62.